The third-order valence-corrected chi connectivity index (χ3v) is 5.16. The van der Waals surface area contributed by atoms with Crippen molar-refractivity contribution < 1.29 is 4.79 Å². The smallest absolute Gasteiger partial charge is 0.222 e. The van der Waals surface area contributed by atoms with E-state index in [1.165, 1.54) is 6.42 Å². The Morgan fingerprint density at radius 1 is 1.40 bits per heavy atom. The van der Waals surface area contributed by atoms with Crippen molar-refractivity contribution in [3.05, 3.63) is 41.0 Å². The number of halogens is 1. The molecular formula is C20H26ClN3O. The molecule has 0 aliphatic carbocycles. The molecule has 1 unspecified atom stereocenters. The fourth-order valence-electron chi connectivity index (χ4n) is 3.40. The van der Waals surface area contributed by atoms with Crippen LogP contribution < -0.4 is 5.32 Å². The predicted octanol–water partition coefficient (Wildman–Crippen LogP) is 3.87. The maximum atomic E-state index is 11.8. The number of aromatic nitrogens is 1. The summed E-state index contributed by atoms with van der Waals surface area (Å²) < 4.78 is 0. The Morgan fingerprint density at radius 2 is 2.20 bits per heavy atom. The lowest BCUT2D eigenvalue weighted by Gasteiger charge is -2.33. The number of nitrogens with zero attached hydrogens (tertiary/aromatic N) is 2. The topological polar surface area (TPSA) is 45.2 Å². The molecule has 2 heterocycles. The van der Waals surface area contributed by atoms with Gasteiger partial charge in [-0.2, -0.15) is 0 Å². The van der Waals surface area contributed by atoms with Gasteiger partial charge in [-0.05, 0) is 37.4 Å². The zero-order valence-electron chi connectivity index (χ0n) is 15.0. The molecule has 1 N–H and O–H groups in total. The average Bonchev–Trinajstić information content (AvgIpc) is 2.60. The van der Waals surface area contributed by atoms with Crippen molar-refractivity contribution in [3.8, 4) is 0 Å². The van der Waals surface area contributed by atoms with E-state index in [0.29, 0.717) is 11.1 Å². The third kappa shape index (κ3) is 4.71. The van der Waals surface area contributed by atoms with Crippen molar-refractivity contribution in [2.45, 2.75) is 33.2 Å². The third-order valence-electron chi connectivity index (χ3n) is 4.84. The van der Waals surface area contributed by atoms with Gasteiger partial charge in [0.15, 0.2) is 0 Å². The highest BCUT2D eigenvalue weighted by Gasteiger charge is 2.22. The van der Waals surface area contributed by atoms with Crippen molar-refractivity contribution in [2.75, 3.05) is 19.6 Å². The molecular weight excluding hydrogens is 334 g/mol. The lowest BCUT2D eigenvalue weighted by Crippen LogP contribution is -2.41. The lowest BCUT2D eigenvalue weighted by molar-refractivity contribution is -0.124. The summed E-state index contributed by atoms with van der Waals surface area (Å²) in [5, 5.41) is 4.78. The van der Waals surface area contributed by atoms with Gasteiger partial charge < -0.3 is 5.32 Å². The summed E-state index contributed by atoms with van der Waals surface area (Å²) in [7, 11) is 0. The van der Waals surface area contributed by atoms with E-state index in [0.717, 1.165) is 49.1 Å². The van der Waals surface area contributed by atoms with Gasteiger partial charge in [0, 0.05) is 36.5 Å². The van der Waals surface area contributed by atoms with Crippen LogP contribution in [0.15, 0.2) is 30.3 Å². The molecule has 1 aliphatic heterocycles. The van der Waals surface area contributed by atoms with Crippen LogP contribution in [0.25, 0.3) is 10.9 Å². The minimum absolute atomic E-state index is 0.0437. The fraction of sp³-hybridized carbons (Fsp3) is 0.500. The number of pyridine rings is 1. The number of fused-ring (bicyclic) bond motifs is 1. The van der Waals surface area contributed by atoms with E-state index in [2.05, 4.69) is 27.3 Å². The summed E-state index contributed by atoms with van der Waals surface area (Å²) >= 11 is 6.40. The summed E-state index contributed by atoms with van der Waals surface area (Å²) in [6, 6.07) is 10.2. The molecule has 0 bridgehead atoms. The van der Waals surface area contributed by atoms with Gasteiger partial charge >= 0.3 is 0 Å². The minimum Gasteiger partial charge on any atom is -0.356 e. The molecule has 1 aromatic heterocycles. The van der Waals surface area contributed by atoms with E-state index in [4.69, 9.17) is 11.6 Å². The average molecular weight is 360 g/mol. The van der Waals surface area contributed by atoms with Crippen LogP contribution in [0.2, 0.25) is 5.15 Å². The van der Waals surface area contributed by atoms with Crippen LogP contribution in [0.4, 0.5) is 0 Å². The summed E-state index contributed by atoms with van der Waals surface area (Å²) in [6.07, 6.45) is 2.32. The van der Waals surface area contributed by atoms with Crippen molar-refractivity contribution in [1.29, 1.82) is 0 Å². The van der Waals surface area contributed by atoms with E-state index in [9.17, 15) is 4.79 Å². The van der Waals surface area contributed by atoms with Gasteiger partial charge in [0.25, 0.3) is 0 Å². The highest BCUT2D eigenvalue weighted by molar-refractivity contribution is 6.30. The minimum atomic E-state index is 0.0437. The standard InChI is InChI=1S/C20H26ClN3O/c1-14(2)20(25)22-11-15-6-5-9-24(12-15)13-17-10-16-7-3-4-8-18(16)23-19(17)21/h3-4,7-8,10,14-15H,5-6,9,11-13H2,1-2H3,(H,22,25). The van der Waals surface area contributed by atoms with Gasteiger partial charge in [-0.15, -0.1) is 0 Å². The molecule has 1 amide bonds. The first-order valence-corrected chi connectivity index (χ1v) is 9.45. The number of benzene rings is 1. The zero-order valence-corrected chi connectivity index (χ0v) is 15.7. The van der Waals surface area contributed by atoms with Gasteiger partial charge in [-0.1, -0.05) is 43.6 Å². The highest BCUT2D eigenvalue weighted by atomic mass is 35.5. The number of hydrogen-bond acceptors (Lipinski definition) is 3. The number of amides is 1. The number of carbonyl (C=O) groups is 1. The first-order chi connectivity index (χ1) is 12.0. The number of hydrogen-bond donors (Lipinski definition) is 1. The van der Waals surface area contributed by atoms with E-state index in [1.54, 1.807) is 0 Å². The molecule has 2 aromatic rings. The van der Waals surface area contributed by atoms with Gasteiger partial charge in [-0.25, -0.2) is 4.98 Å². The SMILES string of the molecule is CC(C)C(=O)NCC1CCCN(Cc2cc3ccccc3nc2Cl)C1. The molecule has 3 rings (SSSR count). The van der Waals surface area contributed by atoms with Gasteiger partial charge in [0.05, 0.1) is 5.52 Å². The molecule has 5 heteroatoms. The Kier molecular flexibility index (Phi) is 5.92. The number of carbonyl (C=O) groups excluding carboxylic acids is 1. The van der Waals surface area contributed by atoms with Crippen molar-refractivity contribution >= 4 is 28.4 Å². The molecule has 4 nitrogen and oxygen atoms in total. The van der Waals surface area contributed by atoms with Crippen LogP contribution in [0, 0.1) is 11.8 Å². The molecule has 1 aliphatic rings. The van der Waals surface area contributed by atoms with Crippen LogP contribution in [0.1, 0.15) is 32.3 Å². The monoisotopic (exact) mass is 359 g/mol. The van der Waals surface area contributed by atoms with Crippen LogP contribution in [-0.2, 0) is 11.3 Å². The van der Waals surface area contributed by atoms with Crippen LogP contribution >= 0.6 is 11.6 Å². The second-order valence-corrected chi connectivity index (χ2v) is 7.63. The van der Waals surface area contributed by atoms with Crippen molar-refractivity contribution in [2.24, 2.45) is 11.8 Å². The van der Waals surface area contributed by atoms with Crippen LogP contribution in [-0.4, -0.2) is 35.4 Å². The number of likely N-dealkylation sites (tertiary alicyclic amines) is 1. The second-order valence-electron chi connectivity index (χ2n) is 7.27. The number of piperidine rings is 1. The quantitative estimate of drug-likeness (QED) is 0.824. The maximum absolute atomic E-state index is 11.8. The summed E-state index contributed by atoms with van der Waals surface area (Å²) in [5.74, 6) is 0.685. The number of rotatable bonds is 5. The number of nitrogens with one attached hydrogen (secondary N) is 1. The normalized spacial score (nSPS) is 18.6. The second kappa shape index (κ2) is 8.15. The summed E-state index contributed by atoms with van der Waals surface area (Å²) in [6.45, 7) is 7.48. The summed E-state index contributed by atoms with van der Waals surface area (Å²) in [5.41, 5.74) is 2.01. The Balaban J connectivity index is 1.62. The maximum Gasteiger partial charge on any atom is 0.222 e. The largest absolute Gasteiger partial charge is 0.356 e. The van der Waals surface area contributed by atoms with Crippen LogP contribution in [0.3, 0.4) is 0 Å². The molecule has 0 spiro atoms. The Labute approximate surface area is 154 Å². The zero-order chi connectivity index (χ0) is 17.8. The van der Waals surface area contributed by atoms with Crippen molar-refractivity contribution in [1.82, 2.24) is 15.2 Å². The molecule has 0 saturated carbocycles. The van der Waals surface area contributed by atoms with Gasteiger partial charge in [0.1, 0.15) is 5.15 Å². The molecule has 1 aromatic carbocycles. The van der Waals surface area contributed by atoms with Gasteiger partial charge in [-0.3, -0.25) is 9.69 Å². The van der Waals surface area contributed by atoms with Crippen LogP contribution in [0.5, 0.6) is 0 Å². The first-order valence-electron chi connectivity index (χ1n) is 9.07. The lowest BCUT2D eigenvalue weighted by atomic mass is 9.97. The highest BCUT2D eigenvalue weighted by Crippen LogP contribution is 2.24. The Bertz CT molecular complexity index is 747. The molecule has 1 saturated heterocycles. The Morgan fingerprint density at radius 3 is 3.00 bits per heavy atom. The molecule has 25 heavy (non-hydrogen) atoms. The van der Waals surface area contributed by atoms with Crippen molar-refractivity contribution in [3.63, 3.8) is 0 Å². The molecule has 134 valence electrons. The fourth-order valence-corrected chi connectivity index (χ4v) is 3.60. The summed E-state index contributed by atoms with van der Waals surface area (Å²) in [4.78, 5) is 18.7. The van der Waals surface area contributed by atoms with E-state index >= 15 is 0 Å². The number of para-hydroxylation sites is 1. The van der Waals surface area contributed by atoms with E-state index in [-0.39, 0.29) is 11.8 Å². The predicted molar refractivity (Wildman–Crippen MR) is 103 cm³/mol. The molecule has 1 atom stereocenters. The Hall–Kier alpha value is -1.65. The first kappa shape index (κ1) is 18.2. The van der Waals surface area contributed by atoms with E-state index in [1.807, 2.05) is 32.0 Å². The molecule has 1 fully saturated rings. The molecule has 0 radical (unpaired) electrons. The van der Waals surface area contributed by atoms with E-state index < -0.39 is 0 Å². The van der Waals surface area contributed by atoms with Gasteiger partial charge in [0.2, 0.25) is 5.91 Å².